The van der Waals surface area contributed by atoms with Gasteiger partial charge < -0.3 is 29.2 Å². The van der Waals surface area contributed by atoms with Gasteiger partial charge in [-0.2, -0.15) is 0 Å². The number of nitrogens with zero attached hydrogens (tertiary/aromatic N) is 2. The van der Waals surface area contributed by atoms with E-state index in [0.29, 0.717) is 17.2 Å². The molecular weight excluding hydrogens is 394 g/mol. The van der Waals surface area contributed by atoms with Crippen LogP contribution in [-0.4, -0.2) is 36.8 Å². The van der Waals surface area contributed by atoms with E-state index in [2.05, 4.69) is 25.2 Å². The number of aryl methyl sites for hydroxylation is 1. The number of rotatable bonds is 7. The lowest BCUT2D eigenvalue weighted by molar-refractivity contribution is 0.281. The molecule has 0 radical (unpaired) electrons. The predicted octanol–water partition coefficient (Wildman–Crippen LogP) is 4.64. The molecule has 0 spiro atoms. The molecule has 7 nitrogen and oxygen atoms in total. The number of hydrogen-bond donors (Lipinski definition) is 2. The van der Waals surface area contributed by atoms with Crippen molar-refractivity contribution in [2.24, 2.45) is 4.99 Å². The second-order valence-electron chi connectivity index (χ2n) is 7.40. The minimum absolute atomic E-state index is 0.00146. The topological polar surface area (TPSA) is 77.2 Å². The molecule has 166 valence electrons. The molecule has 0 bridgehead atoms. The Hall–Kier alpha value is -3.19. The molecule has 2 aromatic rings. The summed E-state index contributed by atoms with van der Waals surface area (Å²) < 4.78 is 18.4. The number of ether oxygens (including phenoxy) is 3. The number of allylic oxidation sites excluding steroid dienone is 3. The van der Waals surface area contributed by atoms with Crippen LogP contribution in [0.4, 0.5) is 5.69 Å². The maximum absolute atomic E-state index is 9.60. The van der Waals surface area contributed by atoms with Crippen molar-refractivity contribution in [3.05, 3.63) is 58.7 Å². The van der Waals surface area contributed by atoms with Gasteiger partial charge in [-0.15, -0.1) is 0 Å². The van der Waals surface area contributed by atoms with Crippen LogP contribution in [0.5, 0.6) is 17.2 Å². The van der Waals surface area contributed by atoms with Crippen LogP contribution >= 0.6 is 0 Å². The van der Waals surface area contributed by atoms with Crippen molar-refractivity contribution >= 4 is 11.5 Å². The van der Waals surface area contributed by atoms with E-state index in [1.807, 2.05) is 36.0 Å². The highest BCUT2D eigenvalue weighted by Crippen LogP contribution is 2.40. The molecule has 2 N–H and O–H groups in total. The first-order valence-electron chi connectivity index (χ1n) is 10.3. The molecule has 0 fully saturated rings. The van der Waals surface area contributed by atoms with Gasteiger partial charge in [-0.05, 0) is 49.0 Å². The Kier molecular flexibility index (Phi) is 7.07. The summed E-state index contributed by atoms with van der Waals surface area (Å²) in [4.78, 5) is 5.00. The third-order valence-corrected chi connectivity index (χ3v) is 5.46. The van der Waals surface area contributed by atoms with Gasteiger partial charge in [0.2, 0.25) is 5.75 Å². The third-order valence-electron chi connectivity index (χ3n) is 5.46. The summed E-state index contributed by atoms with van der Waals surface area (Å²) in [5.41, 5.74) is 4.97. The molecular formula is C24H31N3O4. The first-order chi connectivity index (χ1) is 14.9. The summed E-state index contributed by atoms with van der Waals surface area (Å²) in [6.45, 7) is 6.17. The number of aliphatic hydroxyl groups is 1. The summed E-state index contributed by atoms with van der Waals surface area (Å²) in [7, 11) is 4.78. The SMILES string of the molecule is CCC1=C(Nc2cc(OC)c(OC)c(OC)c2)N=C(n2cc(C)c(CO)c2)C(C)=CC1. The molecule has 2 heterocycles. The highest BCUT2D eigenvalue weighted by Gasteiger charge is 2.18. The van der Waals surface area contributed by atoms with Gasteiger partial charge in [0.05, 0.1) is 27.9 Å². The second-order valence-corrected chi connectivity index (χ2v) is 7.40. The number of aliphatic hydroxyl groups excluding tert-OH is 1. The molecule has 0 atom stereocenters. The summed E-state index contributed by atoms with van der Waals surface area (Å²) in [5, 5.41) is 13.1. The zero-order valence-electron chi connectivity index (χ0n) is 19.1. The Bertz CT molecular complexity index is 1020. The number of hydrogen-bond acceptors (Lipinski definition) is 6. The van der Waals surface area contributed by atoms with Gasteiger partial charge in [-0.3, -0.25) is 0 Å². The lowest BCUT2D eigenvalue weighted by Gasteiger charge is -2.17. The van der Waals surface area contributed by atoms with Crippen molar-refractivity contribution in [1.29, 1.82) is 0 Å². The van der Waals surface area contributed by atoms with E-state index >= 15 is 0 Å². The van der Waals surface area contributed by atoms with Crippen molar-refractivity contribution in [3.63, 3.8) is 0 Å². The van der Waals surface area contributed by atoms with Crippen molar-refractivity contribution in [2.45, 2.75) is 40.2 Å². The summed E-state index contributed by atoms with van der Waals surface area (Å²) in [6.07, 6.45) is 7.78. The van der Waals surface area contributed by atoms with E-state index in [-0.39, 0.29) is 6.61 Å². The Morgan fingerprint density at radius 3 is 2.26 bits per heavy atom. The highest BCUT2D eigenvalue weighted by molar-refractivity contribution is 6.00. The molecule has 0 saturated heterocycles. The molecule has 1 aliphatic rings. The molecule has 1 aromatic carbocycles. The monoisotopic (exact) mass is 425 g/mol. The molecule has 1 aromatic heterocycles. The number of benzene rings is 1. The number of nitrogens with one attached hydrogen (secondary N) is 1. The normalized spacial score (nSPS) is 14.0. The van der Waals surface area contributed by atoms with Crippen molar-refractivity contribution in [2.75, 3.05) is 26.6 Å². The Balaban J connectivity index is 2.07. The van der Waals surface area contributed by atoms with E-state index < -0.39 is 0 Å². The maximum Gasteiger partial charge on any atom is 0.203 e. The van der Waals surface area contributed by atoms with Gasteiger partial charge in [-0.1, -0.05) is 13.0 Å². The number of aromatic nitrogens is 1. The van der Waals surface area contributed by atoms with Crippen molar-refractivity contribution in [1.82, 2.24) is 4.57 Å². The zero-order valence-corrected chi connectivity index (χ0v) is 19.1. The molecule has 0 amide bonds. The van der Waals surface area contributed by atoms with Gasteiger partial charge in [0.15, 0.2) is 11.5 Å². The zero-order chi connectivity index (χ0) is 22.5. The average Bonchev–Trinajstić information content (AvgIpc) is 3.08. The van der Waals surface area contributed by atoms with Gasteiger partial charge in [0.25, 0.3) is 0 Å². The lowest BCUT2D eigenvalue weighted by Crippen LogP contribution is -2.13. The molecule has 0 unspecified atom stereocenters. The average molecular weight is 426 g/mol. The minimum atomic E-state index is 0.00146. The number of methoxy groups -OCH3 is 3. The van der Waals surface area contributed by atoms with Crippen LogP contribution in [0.15, 0.2) is 52.6 Å². The largest absolute Gasteiger partial charge is 0.493 e. The van der Waals surface area contributed by atoms with Crippen LogP contribution in [0.25, 0.3) is 0 Å². The number of anilines is 1. The van der Waals surface area contributed by atoms with Crippen LogP contribution in [0.2, 0.25) is 0 Å². The smallest absolute Gasteiger partial charge is 0.203 e. The van der Waals surface area contributed by atoms with E-state index in [0.717, 1.165) is 46.9 Å². The Labute approximate surface area is 183 Å². The molecule has 31 heavy (non-hydrogen) atoms. The fourth-order valence-electron chi connectivity index (χ4n) is 3.60. The minimum Gasteiger partial charge on any atom is -0.493 e. The Morgan fingerprint density at radius 1 is 1.06 bits per heavy atom. The first kappa shape index (κ1) is 22.5. The van der Waals surface area contributed by atoms with E-state index in [1.165, 1.54) is 5.57 Å². The first-order valence-corrected chi connectivity index (χ1v) is 10.3. The highest BCUT2D eigenvalue weighted by atomic mass is 16.5. The van der Waals surface area contributed by atoms with E-state index in [4.69, 9.17) is 19.2 Å². The summed E-state index contributed by atoms with van der Waals surface area (Å²) in [6, 6.07) is 3.73. The van der Waals surface area contributed by atoms with Crippen molar-refractivity contribution < 1.29 is 19.3 Å². The van der Waals surface area contributed by atoms with Crippen LogP contribution in [0.3, 0.4) is 0 Å². The van der Waals surface area contributed by atoms with Crippen LogP contribution in [-0.2, 0) is 6.61 Å². The third kappa shape index (κ3) is 4.61. The fourth-order valence-corrected chi connectivity index (χ4v) is 3.60. The molecule has 0 aliphatic carbocycles. The van der Waals surface area contributed by atoms with Gasteiger partial charge in [-0.25, -0.2) is 4.99 Å². The predicted molar refractivity (Wildman–Crippen MR) is 123 cm³/mol. The number of aliphatic imine (C=N–C) groups is 1. The van der Waals surface area contributed by atoms with Crippen LogP contribution in [0.1, 0.15) is 37.8 Å². The second kappa shape index (κ2) is 9.75. The standard InChI is InChI=1S/C24H31N3O4/c1-7-17-9-8-15(2)24(27-12-16(3)18(13-27)14-28)26-23(17)25-19-10-20(29-4)22(31-6)21(11-19)30-5/h8,10-13,25,28H,7,9,14H2,1-6H3. The summed E-state index contributed by atoms with van der Waals surface area (Å²) >= 11 is 0. The van der Waals surface area contributed by atoms with Gasteiger partial charge >= 0.3 is 0 Å². The van der Waals surface area contributed by atoms with Crippen LogP contribution < -0.4 is 19.5 Å². The molecule has 7 heteroatoms. The van der Waals surface area contributed by atoms with E-state index in [9.17, 15) is 5.11 Å². The van der Waals surface area contributed by atoms with Gasteiger partial charge in [0, 0.05) is 30.2 Å². The molecule has 3 rings (SSSR count). The molecule has 0 saturated carbocycles. The van der Waals surface area contributed by atoms with Crippen molar-refractivity contribution in [3.8, 4) is 17.2 Å². The quantitative estimate of drug-likeness (QED) is 0.676. The lowest BCUT2D eigenvalue weighted by atomic mass is 10.1. The summed E-state index contributed by atoms with van der Waals surface area (Å²) in [5.74, 6) is 3.30. The van der Waals surface area contributed by atoms with E-state index in [1.54, 1.807) is 21.3 Å². The maximum atomic E-state index is 9.60. The molecule has 1 aliphatic heterocycles. The van der Waals surface area contributed by atoms with Crippen LogP contribution in [0, 0.1) is 6.92 Å². The Morgan fingerprint density at radius 2 is 1.74 bits per heavy atom. The fraction of sp³-hybridized carbons (Fsp3) is 0.375. The van der Waals surface area contributed by atoms with Gasteiger partial charge in [0.1, 0.15) is 11.7 Å².